The summed E-state index contributed by atoms with van der Waals surface area (Å²) in [5, 5.41) is 15.5. The Morgan fingerprint density at radius 2 is 1.28 bits per heavy atom. The van der Waals surface area contributed by atoms with Crippen LogP contribution in [0.1, 0.15) is 31.6 Å². The average molecular weight is 664 g/mol. The zero-order chi connectivity index (χ0) is 33.6. The van der Waals surface area contributed by atoms with Crippen LogP contribution in [-0.2, 0) is 11.0 Å². The first-order chi connectivity index (χ1) is 24.5. The van der Waals surface area contributed by atoms with Crippen molar-refractivity contribution < 1.29 is 4.57 Å². The average Bonchev–Trinajstić information content (AvgIpc) is 3.56. The first-order valence-electron chi connectivity index (χ1n) is 17.5. The molecule has 0 saturated heterocycles. The van der Waals surface area contributed by atoms with Crippen LogP contribution in [0.25, 0.3) is 71.3 Å². The van der Waals surface area contributed by atoms with E-state index < -0.39 is 0 Å². The van der Waals surface area contributed by atoms with E-state index in [4.69, 9.17) is 10.3 Å². The van der Waals surface area contributed by atoms with E-state index >= 15 is 0 Å². The van der Waals surface area contributed by atoms with Gasteiger partial charge in [0.25, 0.3) is 0 Å². The van der Waals surface area contributed by atoms with Gasteiger partial charge in [-0.05, 0) is 92.7 Å². The number of hydrogen-bond acceptors (Lipinski definition) is 3. The molecule has 1 saturated carbocycles. The molecule has 0 bridgehead atoms. The number of hydrogen-bond donors (Lipinski definition) is 0. The van der Waals surface area contributed by atoms with Crippen molar-refractivity contribution in [3.8, 4) is 49.8 Å². The summed E-state index contributed by atoms with van der Waals surface area (Å²) in [6.07, 6.45) is 6.38. The van der Waals surface area contributed by atoms with Crippen LogP contribution < -0.4 is 4.57 Å². The molecular formula is C45H35N4S+. The predicted molar refractivity (Wildman–Crippen MR) is 206 cm³/mol. The van der Waals surface area contributed by atoms with E-state index in [1.165, 1.54) is 54.4 Å². The maximum Gasteiger partial charge on any atom is 0.214 e. The van der Waals surface area contributed by atoms with Gasteiger partial charge in [0, 0.05) is 34.6 Å². The molecule has 1 aliphatic carbocycles. The summed E-state index contributed by atoms with van der Waals surface area (Å²) in [6.45, 7) is 9.28. The number of thiophene rings is 1. The Balaban J connectivity index is 1.11. The van der Waals surface area contributed by atoms with Gasteiger partial charge in [0.05, 0.1) is 11.8 Å². The minimum absolute atomic E-state index is 0.0502. The summed E-state index contributed by atoms with van der Waals surface area (Å²) in [6, 6.07) is 46.2. The lowest BCUT2D eigenvalue weighted by atomic mass is 9.86. The van der Waals surface area contributed by atoms with Gasteiger partial charge in [-0.2, -0.15) is 4.57 Å². The molecule has 1 fully saturated rings. The molecule has 0 amide bonds. The van der Waals surface area contributed by atoms with Crippen molar-refractivity contribution in [3.63, 3.8) is 0 Å². The van der Waals surface area contributed by atoms with Gasteiger partial charge in [-0.15, -0.1) is 16.4 Å². The quantitative estimate of drug-likeness (QED) is 0.131. The second kappa shape index (κ2) is 10.7. The van der Waals surface area contributed by atoms with Crippen LogP contribution in [0.4, 0.5) is 0 Å². The van der Waals surface area contributed by atoms with Crippen molar-refractivity contribution in [1.82, 2.24) is 15.0 Å². The minimum Gasteiger partial charge on any atom is -0.210 e. The fourth-order valence-electron chi connectivity index (χ4n) is 8.95. The van der Waals surface area contributed by atoms with Crippen molar-refractivity contribution in [2.75, 3.05) is 0 Å². The molecule has 4 nitrogen and oxygen atoms in total. The maximum absolute atomic E-state index is 4.79. The van der Waals surface area contributed by atoms with Crippen molar-refractivity contribution in [3.05, 3.63) is 157 Å². The summed E-state index contributed by atoms with van der Waals surface area (Å²) in [7, 11) is 0. The van der Waals surface area contributed by atoms with Crippen molar-refractivity contribution in [2.24, 2.45) is 0 Å². The number of pyridine rings is 1. The zero-order valence-corrected chi connectivity index (χ0v) is 28.9. The first-order valence-corrected chi connectivity index (χ1v) is 18.3. The Kier molecular flexibility index (Phi) is 6.25. The Morgan fingerprint density at radius 3 is 1.92 bits per heavy atom. The van der Waals surface area contributed by atoms with Gasteiger partial charge in [-0.3, -0.25) is 0 Å². The van der Waals surface area contributed by atoms with Crippen LogP contribution in [0, 0.1) is 0 Å². The standard InChI is InChI=1S/C45H35N4S/c1-4-44-29(3)45(44,5-2)48-21-11-10-16-41(48)39-27-42(50-43(39)44)49-28-40(46-47-49)38-25-36(34-19-17-30-12-6-8-14-32(30)22-34)24-37(26-38)35-20-18-31-13-7-9-15-33(31)23-35/h6-28H,3-5H2,1-2H3/q+1. The fourth-order valence-corrected chi connectivity index (χ4v) is 10.4. The normalized spacial score (nSPS) is 19.0. The zero-order valence-electron chi connectivity index (χ0n) is 28.1. The largest absolute Gasteiger partial charge is 0.214 e. The summed E-state index contributed by atoms with van der Waals surface area (Å²) < 4.78 is 4.45. The second-order valence-electron chi connectivity index (χ2n) is 13.7. The Bertz CT molecular complexity index is 2580. The second-order valence-corrected chi connectivity index (χ2v) is 14.7. The number of benzene rings is 5. The third kappa shape index (κ3) is 3.95. The highest BCUT2D eigenvalue weighted by Gasteiger charge is 2.81. The first kappa shape index (κ1) is 29.3. The molecule has 10 rings (SSSR count). The predicted octanol–water partition coefficient (Wildman–Crippen LogP) is 10.9. The summed E-state index contributed by atoms with van der Waals surface area (Å²) in [5.74, 6) is 0. The molecule has 8 aromatic rings. The van der Waals surface area contributed by atoms with Gasteiger partial charge < -0.3 is 0 Å². The highest BCUT2D eigenvalue weighted by molar-refractivity contribution is 7.15. The molecule has 0 spiro atoms. The van der Waals surface area contributed by atoms with E-state index in [0.717, 1.165) is 40.2 Å². The van der Waals surface area contributed by atoms with E-state index in [1.807, 2.05) is 16.0 Å². The number of allylic oxidation sites excluding steroid dienone is 1. The van der Waals surface area contributed by atoms with E-state index in [0.29, 0.717) is 0 Å². The third-order valence-electron chi connectivity index (χ3n) is 11.5. The Hall–Kier alpha value is -5.65. The molecular weight excluding hydrogens is 629 g/mol. The van der Waals surface area contributed by atoms with Crippen LogP contribution in [0.15, 0.2) is 152 Å². The van der Waals surface area contributed by atoms with Crippen molar-refractivity contribution in [2.45, 2.75) is 37.6 Å². The van der Waals surface area contributed by atoms with Crippen LogP contribution >= 0.6 is 11.3 Å². The van der Waals surface area contributed by atoms with Gasteiger partial charge in [0.1, 0.15) is 16.1 Å². The number of aromatic nitrogens is 4. The highest BCUT2D eigenvalue weighted by Crippen LogP contribution is 2.72. The lowest BCUT2D eigenvalue weighted by molar-refractivity contribution is -0.731. The molecule has 50 heavy (non-hydrogen) atoms. The van der Waals surface area contributed by atoms with Gasteiger partial charge in [0.15, 0.2) is 6.20 Å². The van der Waals surface area contributed by atoms with Crippen LogP contribution in [-0.4, -0.2) is 15.0 Å². The van der Waals surface area contributed by atoms with Crippen molar-refractivity contribution >= 4 is 32.9 Å². The Labute approximate surface area is 295 Å². The number of fused-ring (bicyclic) bond motifs is 8. The molecule has 0 radical (unpaired) electrons. The highest BCUT2D eigenvalue weighted by atomic mass is 32.1. The molecule has 2 aliphatic rings. The SMILES string of the molecule is C=C1C2(CC)c3sc(-n4cc(-c5cc(-c6ccc7ccccc7c6)cc(-c6ccc7ccccc7c6)c5)nn4)cc3-c3cccc[n+]3C12CC. The molecule has 5 heteroatoms. The van der Waals surface area contributed by atoms with Gasteiger partial charge in [-0.1, -0.05) is 98.4 Å². The summed E-state index contributed by atoms with van der Waals surface area (Å²) in [4.78, 5) is 1.40. The van der Waals surface area contributed by atoms with Gasteiger partial charge in [0.2, 0.25) is 11.2 Å². The van der Waals surface area contributed by atoms with Gasteiger partial charge >= 0.3 is 0 Å². The molecule has 2 unspecified atom stereocenters. The molecule has 0 N–H and O–H groups in total. The van der Waals surface area contributed by atoms with E-state index in [1.54, 1.807) is 0 Å². The molecule has 240 valence electrons. The smallest absolute Gasteiger partial charge is 0.210 e. The lowest BCUT2D eigenvalue weighted by Gasteiger charge is -2.24. The number of rotatable bonds is 6. The summed E-state index contributed by atoms with van der Waals surface area (Å²) in [5.41, 5.74) is 10.3. The van der Waals surface area contributed by atoms with Crippen LogP contribution in [0.2, 0.25) is 0 Å². The molecule has 5 aromatic carbocycles. The van der Waals surface area contributed by atoms with Crippen molar-refractivity contribution in [1.29, 1.82) is 0 Å². The minimum atomic E-state index is -0.0661. The maximum atomic E-state index is 4.79. The monoisotopic (exact) mass is 663 g/mol. The van der Waals surface area contributed by atoms with E-state index in [-0.39, 0.29) is 11.0 Å². The van der Waals surface area contributed by atoms with Crippen LogP contribution in [0.5, 0.6) is 0 Å². The molecule has 1 aliphatic heterocycles. The summed E-state index contributed by atoms with van der Waals surface area (Å²) >= 11 is 1.84. The van der Waals surface area contributed by atoms with E-state index in [2.05, 4.69) is 165 Å². The third-order valence-corrected chi connectivity index (χ3v) is 12.8. The molecule has 4 heterocycles. The van der Waals surface area contributed by atoms with Gasteiger partial charge in [-0.25, -0.2) is 4.68 Å². The van der Waals surface area contributed by atoms with Crippen LogP contribution in [0.3, 0.4) is 0 Å². The number of nitrogens with zero attached hydrogens (tertiary/aromatic N) is 4. The Morgan fingerprint density at radius 1 is 0.660 bits per heavy atom. The topological polar surface area (TPSA) is 34.6 Å². The lowest BCUT2D eigenvalue weighted by Crippen LogP contribution is -2.54. The fraction of sp³-hybridized carbons (Fsp3) is 0.133. The molecule has 3 aromatic heterocycles. The molecule has 2 atom stereocenters. The van der Waals surface area contributed by atoms with E-state index in [9.17, 15) is 0 Å².